The lowest BCUT2D eigenvalue weighted by Crippen LogP contribution is -2.53. The Morgan fingerprint density at radius 2 is 2.22 bits per heavy atom. The fourth-order valence-electron chi connectivity index (χ4n) is 2.66. The lowest BCUT2D eigenvalue weighted by molar-refractivity contribution is -0.133. The third-order valence-corrected chi connectivity index (χ3v) is 4.19. The fraction of sp³-hybridized carbons (Fsp3) is 0.929. The zero-order valence-electron chi connectivity index (χ0n) is 12.0. The van der Waals surface area contributed by atoms with E-state index in [4.69, 9.17) is 5.11 Å². The molecule has 0 aliphatic carbocycles. The van der Waals surface area contributed by atoms with Crippen LogP contribution in [-0.4, -0.2) is 36.8 Å². The average molecular weight is 256 g/mol. The summed E-state index contributed by atoms with van der Waals surface area (Å²) in [5.74, 6) is 0.510. The van der Waals surface area contributed by atoms with Gasteiger partial charge in [0.05, 0.1) is 5.41 Å². The summed E-state index contributed by atoms with van der Waals surface area (Å²) in [5.41, 5.74) is -0.249. The molecule has 1 aliphatic heterocycles. The predicted molar refractivity (Wildman–Crippen MR) is 73.3 cm³/mol. The smallest absolute Gasteiger partial charge is 0.227 e. The fourth-order valence-corrected chi connectivity index (χ4v) is 2.66. The highest BCUT2D eigenvalue weighted by Gasteiger charge is 2.38. The molecule has 2 unspecified atom stereocenters. The summed E-state index contributed by atoms with van der Waals surface area (Å²) in [5, 5.41) is 15.5. The maximum absolute atomic E-state index is 12.5. The molecule has 3 N–H and O–H groups in total. The molecule has 0 spiro atoms. The second-order valence-corrected chi connectivity index (χ2v) is 5.75. The number of amides is 1. The van der Waals surface area contributed by atoms with Gasteiger partial charge in [-0.05, 0) is 38.1 Å². The summed E-state index contributed by atoms with van der Waals surface area (Å²) in [4.78, 5) is 12.5. The van der Waals surface area contributed by atoms with Gasteiger partial charge in [-0.2, -0.15) is 0 Å². The number of carbonyl (C=O) groups is 1. The Kier molecular flexibility index (Phi) is 6.09. The Morgan fingerprint density at radius 1 is 1.50 bits per heavy atom. The molecular weight excluding hydrogens is 228 g/mol. The molecule has 106 valence electrons. The number of hydrogen-bond acceptors (Lipinski definition) is 3. The van der Waals surface area contributed by atoms with Gasteiger partial charge in [0.2, 0.25) is 5.91 Å². The number of aliphatic hydroxyl groups excluding tert-OH is 1. The second kappa shape index (κ2) is 7.10. The minimum Gasteiger partial charge on any atom is -0.396 e. The summed E-state index contributed by atoms with van der Waals surface area (Å²) in [6.07, 6.45) is 3.53. The molecule has 1 rings (SSSR count). The van der Waals surface area contributed by atoms with E-state index in [2.05, 4.69) is 31.4 Å². The first-order valence-corrected chi connectivity index (χ1v) is 7.18. The predicted octanol–water partition coefficient (Wildman–Crippen LogP) is 1.29. The Labute approximate surface area is 111 Å². The van der Waals surface area contributed by atoms with Gasteiger partial charge >= 0.3 is 0 Å². The van der Waals surface area contributed by atoms with E-state index in [0.717, 1.165) is 32.4 Å². The van der Waals surface area contributed by atoms with Crippen LogP contribution in [0, 0.1) is 11.3 Å². The van der Waals surface area contributed by atoms with Crippen molar-refractivity contribution in [1.29, 1.82) is 0 Å². The molecule has 4 nitrogen and oxygen atoms in total. The quantitative estimate of drug-likeness (QED) is 0.671. The second-order valence-electron chi connectivity index (χ2n) is 5.75. The maximum atomic E-state index is 12.5. The van der Waals surface area contributed by atoms with E-state index in [0.29, 0.717) is 12.3 Å². The van der Waals surface area contributed by atoms with E-state index < -0.39 is 0 Å². The lowest BCUT2D eigenvalue weighted by Gasteiger charge is -2.37. The maximum Gasteiger partial charge on any atom is 0.227 e. The SMILES string of the molecule is CCC1(C(=O)NC(CCO)C(C)C)CCCNC1. The summed E-state index contributed by atoms with van der Waals surface area (Å²) in [7, 11) is 0. The van der Waals surface area contributed by atoms with Crippen molar-refractivity contribution >= 4 is 5.91 Å². The minimum absolute atomic E-state index is 0.0767. The van der Waals surface area contributed by atoms with Gasteiger partial charge in [-0.1, -0.05) is 20.8 Å². The van der Waals surface area contributed by atoms with Crippen LogP contribution in [0.4, 0.5) is 0 Å². The van der Waals surface area contributed by atoms with Crippen molar-refractivity contribution in [3.8, 4) is 0 Å². The van der Waals surface area contributed by atoms with Gasteiger partial charge in [0.1, 0.15) is 0 Å². The molecule has 1 heterocycles. The number of aliphatic hydroxyl groups is 1. The monoisotopic (exact) mass is 256 g/mol. The van der Waals surface area contributed by atoms with Gasteiger partial charge in [-0.3, -0.25) is 4.79 Å². The molecule has 0 aromatic rings. The molecular formula is C14H28N2O2. The zero-order chi connectivity index (χ0) is 13.6. The van der Waals surface area contributed by atoms with Crippen LogP contribution in [0.1, 0.15) is 46.5 Å². The molecule has 0 radical (unpaired) electrons. The minimum atomic E-state index is -0.249. The summed E-state index contributed by atoms with van der Waals surface area (Å²) in [6.45, 7) is 8.17. The first-order chi connectivity index (χ1) is 8.55. The van der Waals surface area contributed by atoms with E-state index >= 15 is 0 Å². The number of nitrogens with one attached hydrogen (secondary N) is 2. The van der Waals surface area contributed by atoms with E-state index in [9.17, 15) is 4.79 Å². The van der Waals surface area contributed by atoms with Crippen LogP contribution >= 0.6 is 0 Å². The van der Waals surface area contributed by atoms with Crippen molar-refractivity contribution in [2.24, 2.45) is 11.3 Å². The number of piperidine rings is 1. The van der Waals surface area contributed by atoms with Gasteiger partial charge in [-0.25, -0.2) is 0 Å². The number of rotatable bonds is 6. The zero-order valence-corrected chi connectivity index (χ0v) is 12.0. The van der Waals surface area contributed by atoms with E-state index in [1.807, 2.05) is 0 Å². The highest BCUT2D eigenvalue weighted by molar-refractivity contribution is 5.83. The molecule has 1 saturated heterocycles. The van der Waals surface area contributed by atoms with E-state index in [-0.39, 0.29) is 24.0 Å². The average Bonchev–Trinajstić information content (AvgIpc) is 2.38. The molecule has 1 aliphatic rings. The van der Waals surface area contributed by atoms with Gasteiger partial charge < -0.3 is 15.7 Å². The Hall–Kier alpha value is -0.610. The topological polar surface area (TPSA) is 61.4 Å². The van der Waals surface area contributed by atoms with Gasteiger partial charge in [0.15, 0.2) is 0 Å². The first kappa shape index (κ1) is 15.4. The van der Waals surface area contributed by atoms with Crippen LogP contribution in [0.5, 0.6) is 0 Å². The van der Waals surface area contributed by atoms with Crippen molar-refractivity contribution < 1.29 is 9.90 Å². The van der Waals surface area contributed by atoms with Crippen LogP contribution in [0.2, 0.25) is 0 Å². The number of carbonyl (C=O) groups excluding carboxylic acids is 1. The molecule has 0 bridgehead atoms. The van der Waals surface area contributed by atoms with Gasteiger partial charge in [-0.15, -0.1) is 0 Å². The van der Waals surface area contributed by atoms with Crippen LogP contribution in [0.25, 0.3) is 0 Å². The van der Waals surface area contributed by atoms with Crippen LogP contribution < -0.4 is 10.6 Å². The molecule has 4 heteroatoms. The van der Waals surface area contributed by atoms with Crippen LogP contribution in [0.15, 0.2) is 0 Å². The van der Waals surface area contributed by atoms with E-state index in [1.54, 1.807) is 0 Å². The summed E-state index contributed by atoms with van der Waals surface area (Å²) in [6, 6.07) is 0.0767. The van der Waals surface area contributed by atoms with Crippen LogP contribution in [-0.2, 0) is 4.79 Å². The highest BCUT2D eigenvalue weighted by Crippen LogP contribution is 2.30. The highest BCUT2D eigenvalue weighted by atomic mass is 16.3. The first-order valence-electron chi connectivity index (χ1n) is 7.18. The Bertz CT molecular complexity index is 261. The van der Waals surface area contributed by atoms with Gasteiger partial charge in [0, 0.05) is 19.2 Å². The van der Waals surface area contributed by atoms with E-state index in [1.165, 1.54) is 0 Å². The largest absolute Gasteiger partial charge is 0.396 e. The summed E-state index contributed by atoms with van der Waals surface area (Å²) < 4.78 is 0. The standard InChI is InChI=1S/C14H28N2O2/c1-4-14(7-5-8-15-10-14)13(18)16-12(6-9-17)11(2)3/h11-12,15,17H,4-10H2,1-3H3,(H,16,18). The van der Waals surface area contributed by atoms with Crippen LogP contribution in [0.3, 0.4) is 0 Å². The molecule has 18 heavy (non-hydrogen) atoms. The normalized spacial score (nSPS) is 26.1. The summed E-state index contributed by atoms with van der Waals surface area (Å²) >= 11 is 0. The number of hydrogen-bond donors (Lipinski definition) is 3. The van der Waals surface area contributed by atoms with Crippen molar-refractivity contribution in [3.05, 3.63) is 0 Å². The third-order valence-electron chi connectivity index (χ3n) is 4.19. The Morgan fingerprint density at radius 3 is 2.67 bits per heavy atom. The molecule has 0 aromatic carbocycles. The van der Waals surface area contributed by atoms with Gasteiger partial charge in [0.25, 0.3) is 0 Å². The Balaban J connectivity index is 2.65. The van der Waals surface area contributed by atoms with Crippen molar-refractivity contribution in [1.82, 2.24) is 10.6 Å². The lowest BCUT2D eigenvalue weighted by atomic mass is 9.77. The molecule has 0 aromatic heterocycles. The van der Waals surface area contributed by atoms with Crippen molar-refractivity contribution in [2.45, 2.75) is 52.5 Å². The molecule has 2 atom stereocenters. The molecule has 1 fully saturated rings. The third kappa shape index (κ3) is 3.69. The molecule has 1 amide bonds. The van der Waals surface area contributed by atoms with Crippen molar-refractivity contribution in [2.75, 3.05) is 19.7 Å². The van der Waals surface area contributed by atoms with Crippen molar-refractivity contribution in [3.63, 3.8) is 0 Å². The molecule has 0 saturated carbocycles.